The number of rotatable bonds is 0. The lowest BCUT2D eigenvalue weighted by Gasteiger charge is -2.10. The quantitative estimate of drug-likeness (QED) is 0.233. The van der Waals surface area contributed by atoms with Gasteiger partial charge in [-0.25, -0.2) is 9.97 Å². The fourth-order valence-electron chi connectivity index (χ4n) is 4.51. The molecule has 2 aromatic heterocycles. The largest absolute Gasteiger partial charge is 0.491 e. The summed E-state index contributed by atoms with van der Waals surface area (Å²) in [5, 5.41) is 2.10. The van der Waals surface area contributed by atoms with Crippen molar-refractivity contribution in [1.82, 2.24) is 9.97 Å². The van der Waals surface area contributed by atoms with E-state index in [1.165, 1.54) is 0 Å². The highest BCUT2D eigenvalue weighted by Gasteiger charge is 2.09. The minimum Gasteiger partial charge on any atom is -0.491 e. The van der Waals surface area contributed by atoms with Gasteiger partial charge in [0, 0.05) is 21.9 Å². The van der Waals surface area contributed by atoms with E-state index in [2.05, 4.69) is 24.3 Å². The molecular formula is C32H30N2O5. The second-order valence-electron chi connectivity index (χ2n) is 9.18. The molecule has 3 aromatic carbocycles. The molecule has 4 aliphatic heterocycles. The molecule has 6 heterocycles. The highest BCUT2D eigenvalue weighted by Crippen LogP contribution is 2.29. The third kappa shape index (κ3) is 6.17. The number of hydrogen-bond donors (Lipinski definition) is 0. The Morgan fingerprint density at radius 3 is 1.15 bits per heavy atom. The molecule has 0 spiro atoms. The van der Waals surface area contributed by atoms with E-state index in [1.807, 2.05) is 60.7 Å². The van der Waals surface area contributed by atoms with Crippen molar-refractivity contribution in [1.29, 1.82) is 0 Å². The SMILES string of the molecule is c1cc2ccc1OCCOCCOCCOCCOc1ccc(cc1)-c1ccc3ccc4ccc-2nc4c3n1. The van der Waals surface area contributed by atoms with Crippen LogP contribution in [-0.2, 0) is 14.2 Å². The Kier molecular flexibility index (Phi) is 7.91. The van der Waals surface area contributed by atoms with Crippen LogP contribution in [0.4, 0.5) is 0 Å². The molecule has 5 aromatic rings. The second-order valence-corrected chi connectivity index (χ2v) is 9.18. The first-order valence-corrected chi connectivity index (χ1v) is 13.2. The summed E-state index contributed by atoms with van der Waals surface area (Å²) >= 11 is 0. The maximum Gasteiger partial charge on any atom is 0.119 e. The highest BCUT2D eigenvalue weighted by molar-refractivity contribution is 6.04. The molecule has 39 heavy (non-hydrogen) atoms. The zero-order valence-corrected chi connectivity index (χ0v) is 21.7. The van der Waals surface area contributed by atoms with Gasteiger partial charge in [0.25, 0.3) is 0 Å². The molecule has 0 saturated carbocycles. The van der Waals surface area contributed by atoms with Gasteiger partial charge in [-0.2, -0.15) is 0 Å². The monoisotopic (exact) mass is 522 g/mol. The van der Waals surface area contributed by atoms with Crippen molar-refractivity contribution in [2.45, 2.75) is 0 Å². The first-order chi connectivity index (χ1) is 19.3. The van der Waals surface area contributed by atoms with Gasteiger partial charge in [0.05, 0.1) is 62.1 Å². The molecule has 0 amide bonds. The van der Waals surface area contributed by atoms with Crippen molar-refractivity contribution in [2.24, 2.45) is 0 Å². The van der Waals surface area contributed by atoms with Crippen LogP contribution in [-0.4, -0.2) is 62.8 Å². The standard InChI is InChI=1S/C32H30N2O5/c1-2-26-8-14-30-24-5-11-28(12-6-24)39-22-20-37-18-16-35-15-17-36-19-21-38-27-9-3-23(4-10-27)29-13-7-25(1)31(33-29)32(26)34-30/h1-14H,15-22H2. The number of ether oxygens (including phenoxy) is 5. The average molecular weight is 523 g/mol. The third-order valence-electron chi connectivity index (χ3n) is 6.56. The van der Waals surface area contributed by atoms with Crippen LogP contribution in [0.15, 0.2) is 84.9 Å². The normalized spacial score (nSPS) is 15.5. The Morgan fingerprint density at radius 1 is 0.385 bits per heavy atom. The van der Waals surface area contributed by atoms with Crippen molar-refractivity contribution in [3.63, 3.8) is 0 Å². The molecule has 0 atom stereocenters. The Morgan fingerprint density at radius 2 is 0.744 bits per heavy atom. The Balaban J connectivity index is 1.31. The summed E-state index contributed by atoms with van der Waals surface area (Å²) in [6.45, 7) is 3.99. The summed E-state index contributed by atoms with van der Waals surface area (Å²) in [6.07, 6.45) is 0. The molecule has 0 saturated heterocycles. The van der Waals surface area contributed by atoms with Gasteiger partial charge in [0.1, 0.15) is 24.7 Å². The smallest absolute Gasteiger partial charge is 0.119 e. The summed E-state index contributed by atoms with van der Waals surface area (Å²) in [7, 11) is 0. The predicted molar refractivity (Wildman–Crippen MR) is 151 cm³/mol. The Hall–Kier alpha value is -4.04. The molecule has 0 radical (unpaired) electrons. The fourth-order valence-corrected chi connectivity index (χ4v) is 4.51. The van der Waals surface area contributed by atoms with E-state index in [0.717, 1.165) is 55.8 Å². The molecule has 7 heteroatoms. The molecule has 0 aliphatic carbocycles. The lowest BCUT2D eigenvalue weighted by atomic mass is 10.1. The molecule has 0 N–H and O–H groups in total. The minimum atomic E-state index is 0.471. The molecule has 9 rings (SSSR count). The maximum atomic E-state index is 5.83. The van der Waals surface area contributed by atoms with E-state index in [4.69, 9.17) is 33.7 Å². The zero-order valence-electron chi connectivity index (χ0n) is 21.7. The van der Waals surface area contributed by atoms with E-state index in [9.17, 15) is 0 Å². The molecular weight excluding hydrogens is 492 g/mol. The summed E-state index contributed by atoms with van der Waals surface area (Å²) in [5.74, 6) is 1.58. The molecule has 198 valence electrons. The Bertz CT molecular complexity index is 1420. The van der Waals surface area contributed by atoms with E-state index >= 15 is 0 Å². The van der Waals surface area contributed by atoms with Gasteiger partial charge < -0.3 is 23.7 Å². The fraction of sp³-hybridized carbons (Fsp3) is 0.250. The first kappa shape index (κ1) is 25.2. The van der Waals surface area contributed by atoms with Gasteiger partial charge in [0.15, 0.2) is 0 Å². The maximum absolute atomic E-state index is 5.83. The Labute approximate surface area is 227 Å². The lowest BCUT2D eigenvalue weighted by Crippen LogP contribution is -2.14. The van der Waals surface area contributed by atoms with Gasteiger partial charge in [-0.1, -0.05) is 24.3 Å². The van der Waals surface area contributed by atoms with Gasteiger partial charge >= 0.3 is 0 Å². The van der Waals surface area contributed by atoms with E-state index < -0.39 is 0 Å². The summed E-state index contributed by atoms with van der Waals surface area (Å²) in [5.41, 5.74) is 5.57. The number of pyridine rings is 2. The van der Waals surface area contributed by atoms with Crippen LogP contribution in [0, 0.1) is 0 Å². The van der Waals surface area contributed by atoms with Gasteiger partial charge in [-0.05, 0) is 60.7 Å². The molecule has 0 fully saturated rings. The average Bonchev–Trinajstić information content (AvgIpc) is 2.99. The second kappa shape index (κ2) is 12.2. The number of aromatic nitrogens is 2. The van der Waals surface area contributed by atoms with Crippen molar-refractivity contribution in [2.75, 3.05) is 52.9 Å². The van der Waals surface area contributed by atoms with E-state index in [1.54, 1.807) is 0 Å². The van der Waals surface area contributed by atoms with Gasteiger partial charge in [-0.15, -0.1) is 0 Å². The minimum absolute atomic E-state index is 0.471. The van der Waals surface area contributed by atoms with Crippen molar-refractivity contribution in [3.8, 4) is 34.0 Å². The highest BCUT2D eigenvalue weighted by atomic mass is 16.6. The van der Waals surface area contributed by atoms with Crippen molar-refractivity contribution >= 4 is 21.8 Å². The van der Waals surface area contributed by atoms with Crippen molar-refractivity contribution < 1.29 is 23.7 Å². The topological polar surface area (TPSA) is 71.9 Å². The summed E-state index contributed by atoms with van der Waals surface area (Å²) in [4.78, 5) is 10.1. The summed E-state index contributed by atoms with van der Waals surface area (Å²) < 4.78 is 28.4. The molecule has 4 aliphatic rings. The van der Waals surface area contributed by atoms with Crippen LogP contribution < -0.4 is 9.47 Å². The number of nitrogens with zero attached hydrogens (tertiary/aromatic N) is 2. The molecule has 0 unspecified atom stereocenters. The third-order valence-corrected chi connectivity index (χ3v) is 6.56. The molecule has 7 nitrogen and oxygen atoms in total. The zero-order chi connectivity index (χ0) is 26.3. The van der Waals surface area contributed by atoms with Crippen LogP contribution in [0.2, 0.25) is 0 Å². The lowest BCUT2D eigenvalue weighted by molar-refractivity contribution is 0.00499. The summed E-state index contributed by atoms with van der Waals surface area (Å²) in [6, 6.07) is 28.4. The van der Waals surface area contributed by atoms with E-state index in [0.29, 0.717) is 52.9 Å². The van der Waals surface area contributed by atoms with Crippen molar-refractivity contribution in [3.05, 3.63) is 84.9 Å². The van der Waals surface area contributed by atoms with E-state index in [-0.39, 0.29) is 0 Å². The molecule has 8 bridgehead atoms. The van der Waals surface area contributed by atoms with Gasteiger partial charge in [-0.3, -0.25) is 0 Å². The predicted octanol–water partition coefficient (Wildman–Crippen LogP) is 5.94. The number of benzene rings is 3. The van der Waals surface area contributed by atoms with Crippen LogP contribution in [0.25, 0.3) is 44.3 Å². The first-order valence-electron chi connectivity index (χ1n) is 13.2. The van der Waals surface area contributed by atoms with Crippen LogP contribution in [0.5, 0.6) is 11.5 Å². The van der Waals surface area contributed by atoms with Crippen LogP contribution in [0.1, 0.15) is 0 Å². The van der Waals surface area contributed by atoms with Gasteiger partial charge in [0.2, 0.25) is 0 Å². The number of hydrogen-bond acceptors (Lipinski definition) is 7. The van der Waals surface area contributed by atoms with Crippen LogP contribution in [0.3, 0.4) is 0 Å². The van der Waals surface area contributed by atoms with Crippen LogP contribution >= 0.6 is 0 Å².